The molecule has 0 aliphatic carbocycles. The fourth-order valence-corrected chi connectivity index (χ4v) is 3.27. The maximum Gasteiger partial charge on any atom is 0.322 e. The van der Waals surface area contributed by atoms with Gasteiger partial charge in [0.25, 0.3) is 11.8 Å². The Morgan fingerprint density at radius 3 is 2.58 bits per heavy atom. The van der Waals surface area contributed by atoms with Gasteiger partial charge in [-0.25, -0.2) is 4.79 Å². The SMILES string of the molecule is CN[C@H]1CCCN(C(=O)c2ccc([C@]3(C)NC(=O)NC3=O)cc2)C1. The van der Waals surface area contributed by atoms with E-state index in [9.17, 15) is 14.4 Å². The summed E-state index contributed by atoms with van der Waals surface area (Å²) in [4.78, 5) is 37.8. The molecule has 0 spiro atoms. The highest BCUT2D eigenvalue weighted by Crippen LogP contribution is 2.25. The maximum absolute atomic E-state index is 12.6. The molecule has 2 heterocycles. The predicted octanol–water partition coefficient (Wildman–Crippen LogP) is 0.565. The molecule has 0 unspecified atom stereocenters. The lowest BCUT2D eigenvalue weighted by Crippen LogP contribution is -2.47. The molecule has 0 bridgehead atoms. The van der Waals surface area contributed by atoms with Crippen molar-refractivity contribution in [3.8, 4) is 0 Å². The Bertz CT molecular complexity index is 673. The van der Waals surface area contributed by atoms with Crippen molar-refractivity contribution in [2.75, 3.05) is 20.1 Å². The molecule has 2 aliphatic rings. The molecule has 0 radical (unpaired) electrons. The van der Waals surface area contributed by atoms with E-state index in [1.807, 2.05) is 11.9 Å². The Balaban J connectivity index is 1.76. The van der Waals surface area contributed by atoms with Crippen LogP contribution in [0.15, 0.2) is 24.3 Å². The van der Waals surface area contributed by atoms with Crippen molar-refractivity contribution in [1.82, 2.24) is 20.9 Å². The van der Waals surface area contributed by atoms with Crippen molar-refractivity contribution >= 4 is 17.8 Å². The van der Waals surface area contributed by atoms with Crippen LogP contribution in [0.2, 0.25) is 0 Å². The first-order chi connectivity index (χ1) is 11.4. The quantitative estimate of drug-likeness (QED) is 0.707. The smallest absolute Gasteiger partial charge is 0.322 e. The summed E-state index contributed by atoms with van der Waals surface area (Å²) in [6, 6.07) is 6.69. The number of rotatable bonds is 3. The van der Waals surface area contributed by atoms with Crippen molar-refractivity contribution in [3.63, 3.8) is 0 Å². The molecule has 128 valence electrons. The molecule has 2 aliphatic heterocycles. The molecule has 1 aromatic rings. The number of amides is 4. The topological polar surface area (TPSA) is 90.5 Å². The standard InChI is InChI=1S/C17H22N4O3/c1-17(15(23)19-16(24)20-17)12-7-5-11(6-8-12)14(22)21-9-3-4-13(10-21)18-2/h5-8,13,18H,3-4,9-10H2,1-2H3,(H2,19,20,23,24)/t13-,17-/m0/s1. The number of carbonyl (C=O) groups excluding carboxylic acids is 3. The van der Waals surface area contributed by atoms with Crippen molar-refractivity contribution in [3.05, 3.63) is 35.4 Å². The van der Waals surface area contributed by atoms with Gasteiger partial charge in [0.05, 0.1) is 0 Å². The molecular weight excluding hydrogens is 308 g/mol. The van der Waals surface area contributed by atoms with E-state index in [2.05, 4.69) is 16.0 Å². The largest absolute Gasteiger partial charge is 0.337 e. The molecule has 2 saturated heterocycles. The minimum atomic E-state index is -1.10. The number of nitrogens with one attached hydrogen (secondary N) is 3. The van der Waals surface area contributed by atoms with E-state index in [0.717, 1.165) is 19.4 Å². The fourth-order valence-electron chi connectivity index (χ4n) is 3.27. The van der Waals surface area contributed by atoms with Gasteiger partial charge in [-0.05, 0) is 44.5 Å². The number of hydrogen-bond donors (Lipinski definition) is 3. The summed E-state index contributed by atoms with van der Waals surface area (Å²) < 4.78 is 0. The Hall–Kier alpha value is -2.41. The minimum Gasteiger partial charge on any atom is -0.337 e. The van der Waals surface area contributed by atoms with Gasteiger partial charge in [0.15, 0.2) is 0 Å². The summed E-state index contributed by atoms with van der Waals surface area (Å²) in [5.74, 6) is -0.397. The summed E-state index contributed by atoms with van der Waals surface area (Å²) in [6.07, 6.45) is 2.06. The minimum absolute atomic E-state index is 0.00781. The van der Waals surface area contributed by atoms with Gasteiger partial charge in [-0.15, -0.1) is 0 Å². The molecule has 7 heteroatoms. The number of likely N-dealkylation sites (N-methyl/N-ethyl adjacent to an activating group) is 1. The lowest BCUT2D eigenvalue weighted by molar-refractivity contribution is -0.123. The van der Waals surface area contributed by atoms with Crippen LogP contribution in [-0.2, 0) is 10.3 Å². The number of benzene rings is 1. The third-order valence-electron chi connectivity index (χ3n) is 4.87. The van der Waals surface area contributed by atoms with Gasteiger partial charge < -0.3 is 15.5 Å². The first-order valence-corrected chi connectivity index (χ1v) is 8.14. The zero-order valence-corrected chi connectivity index (χ0v) is 13.9. The van der Waals surface area contributed by atoms with Crippen LogP contribution in [-0.4, -0.2) is 48.9 Å². The summed E-state index contributed by atoms with van der Waals surface area (Å²) in [5.41, 5.74) is 0.138. The van der Waals surface area contributed by atoms with Crippen LogP contribution in [0.5, 0.6) is 0 Å². The first kappa shape index (κ1) is 16.4. The molecule has 0 aromatic heterocycles. The fraction of sp³-hybridized carbons (Fsp3) is 0.471. The molecular formula is C17H22N4O3. The monoisotopic (exact) mass is 330 g/mol. The molecule has 1 aromatic carbocycles. The third kappa shape index (κ3) is 2.87. The Labute approximate surface area is 140 Å². The van der Waals surface area contributed by atoms with Gasteiger partial charge in [0, 0.05) is 24.7 Å². The van der Waals surface area contributed by atoms with Gasteiger partial charge >= 0.3 is 6.03 Å². The van der Waals surface area contributed by atoms with Crippen LogP contribution in [0.1, 0.15) is 35.7 Å². The number of piperidine rings is 1. The van der Waals surface area contributed by atoms with Crippen LogP contribution < -0.4 is 16.0 Å². The Morgan fingerprint density at radius 1 is 1.29 bits per heavy atom. The Kier molecular flexibility index (Phi) is 4.28. The van der Waals surface area contributed by atoms with Gasteiger partial charge in [0.2, 0.25) is 0 Å². The van der Waals surface area contributed by atoms with Crippen molar-refractivity contribution in [2.45, 2.75) is 31.3 Å². The molecule has 24 heavy (non-hydrogen) atoms. The molecule has 7 nitrogen and oxygen atoms in total. The summed E-state index contributed by atoms with van der Waals surface area (Å²) >= 11 is 0. The zero-order chi connectivity index (χ0) is 17.3. The normalized spacial score (nSPS) is 26.9. The second-order valence-electron chi connectivity index (χ2n) is 6.49. The van der Waals surface area contributed by atoms with Crippen LogP contribution in [0.25, 0.3) is 0 Å². The lowest BCUT2D eigenvalue weighted by Gasteiger charge is -2.32. The average Bonchev–Trinajstić information content (AvgIpc) is 2.87. The van der Waals surface area contributed by atoms with E-state index in [1.165, 1.54) is 0 Å². The zero-order valence-electron chi connectivity index (χ0n) is 13.9. The average molecular weight is 330 g/mol. The molecule has 3 rings (SSSR count). The maximum atomic E-state index is 12.6. The third-order valence-corrected chi connectivity index (χ3v) is 4.87. The second kappa shape index (κ2) is 6.24. The Morgan fingerprint density at radius 2 is 2.00 bits per heavy atom. The lowest BCUT2D eigenvalue weighted by atomic mass is 9.91. The highest BCUT2D eigenvalue weighted by molar-refractivity contribution is 6.07. The predicted molar refractivity (Wildman–Crippen MR) is 88.5 cm³/mol. The molecule has 4 amide bonds. The van der Waals surface area contributed by atoms with E-state index in [0.29, 0.717) is 23.7 Å². The number of carbonyl (C=O) groups is 3. The van der Waals surface area contributed by atoms with E-state index < -0.39 is 11.6 Å². The molecule has 2 fully saturated rings. The second-order valence-corrected chi connectivity index (χ2v) is 6.49. The van der Waals surface area contributed by atoms with Crippen molar-refractivity contribution in [2.24, 2.45) is 0 Å². The summed E-state index contributed by atoms with van der Waals surface area (Å²) in [6.45, 7) is 3.11. The molecule has 0 saturated carbocycles. The van der Waals surface area contributed by atoms with Crippen LogP contribution in [0.3, 0.4) is 0 Å². The number of hydrogen-bond acceptors (Lipinski definition) is 4. The number of urea groups is 1. The van der Waals surface area contributed by atoms with E-state index >= 15 is 0 Å². The molecule has 2 atom stereocenters. The van der Waals surface area contributed by atoms with Gasteiger partial charge in [-0.3, -0.25) is 14.9 Å². The van der Waals surface area contributed by atoms with Crippen molar-refractivity contribution in [1.29, 1.82) is 0 Å². The number of likely N-dealkylation sites (tertiary alicyclic amines) is 1. The van der Waals surface area contributed by atoms with Gasteiger partial charge in [-0.1, -0.05) is 12.1 Å². The van der Waals surface area contributed by atoms with Gasteiger partial charge in [0.1, 0.15) is 5.54 Å². The molecule has 3 N–H and O–H groups in total. The van der Waals surface area contributed by atoms with Crippen molar-refractivity contribution < 1.29 is 14.4 Å². The van der Waals surface area contributed by atoms with E-state index in [-0.39, 0.29) is 11.8 Å². The van der Waals surface area contributed by atoms with E-state index in [1.54, 1.807) is 31.2 Å². The summed E-state index contributed by atoms with van der Waals surface area (Å²) in [5, 5.41) is 8.08. The van der Waals surface area contributed by atoms with Crippen LogP contribution in [0.4, 0.5) is 4.79 Å². The van der Waals surface area contributed by atoms with Gasteiger partial charge in [-0.2, -0.15) is 0 Å². The highest BCUT2D eigenvalue weighted by Gasteiger charge is 2.43. The van der Waals surface area contributed by atoms with E-state index in [4.69, 9.17) is 0 Å². The van der Waals surface area contributed by atoms with Crippen LogP contribution >= 0.6 is 0 Å². The highest BCUT2D eigenvalue weighted by atomic mass is 16.2. The number of nitrogens with zero attached hydrogens (tertiary/aromatic N) is 1. The first-order valence-electron chi connectivity index (χ1n) is 8.14. The van der Waals surface area contributed by atoms with Crippen LogP contribution in [0, 0.1) is 0 Å². The number of imide groups is 1. The summed E-state index contributed by atoms with van der Waals surface area (Å²) in [7, 11) is 1.91.